The van der Waals surface area contributed by atoms with E-state index in [-0.39, 0.29) is 12.2 Å². The summed E-state index contributed by atoms with van der Waals surface area (Å²) in [5.74, 6) is -0.353. The quantitative estimate of drug-likeness (QED) is 0.360. The van der Waals surface area contributed by atoms with Gasteiger partial charge in [-0.3, -0.25) is 4.90 Å². The molecule has 0 aromatic heterocycles. The summed E-state index contributed by atoms with van der Waals surface area (Å²) in [7, 11) is 0. The van der Waals surface area contributed by atoms with E-state index in [0.29, 0.717) is 12.1 Å². The van der Waals surface area contributed by atoms with Crippen molar-refractivity contribution in [1.29, 1.82) is 0 Å². The van der Waals surface area contributed by atoms with Gasteiger partial charge in [-0.25, -0.2) is 4.79 Å². The predicted octanol–water partition coefficient (Wildman–Crippen LogP) is 1.15. The summed E-state index contributed by atoms with van der Waals surface area (Å²) in [5, 5.41) is 0. The number of esters is 1. The number of ether oxygens (including phenoxy) is 1. The number of hydrogen-bond donors (Lipinski definition) is 0. The minimum atomic E-state index is -0.353. The maximum Gasteiger partial charge on any atom is 0.331 e. The molecule has 0 aromatic rings. The van der Waals surface area contributed by atoms with Crippen molar-refractivity contribution in [2.24, 2.45) is 0 Å². The Morgan fingerprint density at radius 3 is 2.42 bits per heavy atom. The van der Waals surface area contributed by atoms with Crippen LogP contribution >= 0.6 is 0 Å². The van der Waals surface area contributed by atoms with E-state index in [2.05, 4.69) is 25.3 Å². The van der Waals surface area contributed by atoms with Crippen molar-refractivity contribution < 1.29 is 9.53 Å². The van der Waals surface area contributed by atoms with Gasteiger partial charge in [-0.1, -0.05) is 6.58 Å². The second kappa shape index (κ2) is 3.27. The molecule has 1 aliphatic rings. The number of nitrogens with zero attached hydrogens (tertiary/aromatic N) is 1. The van der Waals surface area contributed by atoms with Crippen molar-refractivity contribution in [2.45, 2.75) is 39.1 Å². The minimum absolute atomic E-state index is 0.125. The molecule has 1 saturated heterocycles. The second-order valence-electron chi connectivity index (χ2n) is 3.17. The topological polar surface area (TPSA) is 29.3 Å². The zero-order chi connectivity index (χ0) is 9.30. The Kier molecular flexibility index (Phi) is 2.52. The molecule has 0 amide bonds. The SMILES string of the molecule is C=CC(=O)OC(C)N1C(C)C1C. The molecule has 3 atom stereocenters. The zero-order valence-corrected chi connectivity index (χ0v) is 7.78. The van der Waals surface area contributed by atoms with E-state index >= 15 is 0 Å². The molecule has 0 bridgehead atoms. The average molecular weight is 169 g/mol. The lowest BCUT2D eigenvalue weighted by Gasteiger charge is -2.13. The van der Waals surface area contributed by atoms with Gasteiger partial charge in [0.05, 0.1) is 0 Å². The summed E-state index contributed by atoms with van der Waals surface area (Å²) >= 11 is 0. The highest BCUT2D eigenvalue weighted by Crippen LogP contribution is 2.30. The molecule has 0 radical (unpaired) electrons. The van der Waals surface area contributed by atoms with Crippen molar-refractivity contribution in [3.05, 3.63) is 12.7 Å². The van der Waals surface area contributed by atoms with E-state index in [9.17, 15) is 4.79 Å². The average Bonchev–Trinajstić information content (AvgIpc) is 2.60. The van der Waals surface area contributed by atoms with Gasteiger partial charge >= 0.3 is 5.97 Å². The molecule has 0 saturated carbocycles. The van der Waals surface area contributed by atoms with Crippen LogP contribution in [-0.2, 0) is 9.53 Å². The van der Waals surface area contributed by atoms with Crippen LogP contribution in [0.25, 0.3) is 0 Å². The standard InChI is InChI=1S/C9H15NO2/c1-5-9(11)12-8(4)10-6(2)7(10)3/h5-8H,1H2,2-4H3. The molecule has 1 heterocycles. The first-order chi connectivity index (χ1) is 5.57. The van der Waals surface area contributed by atoms with Gasteiger partial charge < -0.3 is 4.74 Å². The smallest absolute Gasteiger partial charge is 0.331 e. The van der Waals surface area contributed by atoms with Crippen LogP contribution in [0.15, 0.2) is 12.7 Å². The van der Waals surface area contributed by atoms with Crippen LogP contribution in [0, 0.1) is 0 Å². The van der Waals surface area contributed by atoms with Gasteiger partial charge in [0.2, 0.25) is 0 Å². The van der Waals surface area contributed by atoms with E-state index in [1.54, 1.807) is 0 Å². The van der Waals surface area contributed by atoms with Crippen LogP contribution in [0.5, 0.6) is 0 Å². The Labute approximate surface area is 73.0 Å². The number of rotatable bonds is 3. The monoisotopic (exact) mass is 169 g/mol. The molecular formula is C9H15NO2. The first-order valence-corrected chi connectivity index (χ1v) is 4.18. The molecule has 0 aliphatic carbocycles. The summed E-state index contributed by atoms with van der Waals surface area (Å²) in [6, 6.07) is 1.05. The molecule has 3 unspecified atom stereocenters. The van der Waals surface area contributed by atoms with E-state index < -0.39 is 0 Å². The predicted molar refractivity (Wildman–Crippen MR) is 46.5 cm³/mol. The summed E-state index contributed by atoms with van der Waals surface area (Å²) in [4.78, 5) is 12.9. The van der Waals surface area contributed by atoms with Crippen molar-refractivity contribution in [1.82, 2.24) is 4.90 Å². The first-order valence-electron chi connectivity index (χ1n) is 4.18. The largest absolute Gasteiger partial charge is 0.443 e. The Morgan fingerprint density at radius 1 is 1.58 bits per heavy atom. The van der Waals surface area contributed by atoms with Gasteiger partial charge in [0.25, 0.3) is 0 Å². The van der Waals surface area contributed by atoms with E-state index in [4.69, 9.17) is 4.74 Å². The maximum absolute atomic E-state index is 10.8. The lowest BCUT2D eigenvalue weighted by Crippen LogP contribution is -2.23. The van der Waals surface area contributed by atoms with Crippen LogP contribution in [0.4, 0.5) is 0 Å². The van der Waals surface area contributed by atoms with Crippen molar-refractivity contribution in [3.63, 3.8) is 0 Å². The lowest BCUT2D eigenvalue weighted by atomic mass is 10.4. The van der Waals surface area contributed by atoms with Gasteiger partial charge in [0, 0.05) is 18.2 Å². The molecule has 1 rings (SSSR count). The normalized spacial score (nSPS) is 35.4. The molecule has 1 fully saturated rings. The number of carbonyl (C=O) groups is 1. The first kappa shape index (κ1) is 9.26. The van der Waals surface area contributed by atoms with Crippen LogP contribution in [0.3, 0.4) is 0 Å². The van der Waals surface area contributed by atoms with Crippen LogP contribution in [-0.4, -0.2) is 29.2 Å². The van der Waals surface area contributed by atoms with Gasteiger partial charge in [-0.15, -0.1) is 0 Å². The summed E-state index contributed by atoms with van der Waals surface area (Å²) < 4.78 is 5.03. The third-order valence-electron chi connectivity index (χ3n) is 2.42. The highest BCUT2D eigenvalue weighted by Gasteiger charge is 2.44. The van der Waals surface area contributed by atoms with Gasteiger partial charge in [0.1, 0.15) is 0 Å². The van der Waals surface area contributed by atoms with Gasteiger partial charge in [-0.2, -0.15) is 0 Å². The zero-order valence-electron chi connectivity index (χ0n) is 7.78. The lowest BCUT2D eigenvalue weighted by molar-refractivity contribution is -0.147. The molecule has 0 aromatic carbocycles. The van der Waals surface area contributed by atoms with Gasteiger partial charge in [-0.05, 0) is 20.8 Å². The number of carbonyl (C=O) groups excluding carboxylic acids is 1. The molecule has 12 heavy (non-hydrogen) atoms. The maximum atomic E-state index is 10.8. The molecule has 3 heteroatoms. The molecule has 68 valence electrons. The van der Waals surface area contributed by atoms with E-state index in [0.717, 1.165) is 0 Å². The highest BCUT2D eigenvalue weighted by atomic mass is 16.6. The van der Waals surface area contributed by atoms with Crippen molar-refractivity contribution in [3.8, 4) is 0 Å². The third-order valence-corrected chi connectivity index (χ3v) is 2.42. The molecule has 0 spiro atoms. The van der Waals surface area contributed by atoms with Crippen LogP contribution in [0.2, 0.25) is 0 Å². The highest BCUT2D eigenvalue weighted by molar-refractivity contribution is 5.81. The van der Waals surface area contributed by atoms with Gasteiger partial charge in [0.15, 0.2) is 6.23 Å². The summed E-state index contributed by atoms with van der Waals surface area (Å²) in [5.41, 5.74) is 0. The van der Waals surface area contributed by atoms with E-state index in [1.807, 2.05) is 6.92 Å². The Balaban J connectivity index is 2.35. The summed E-state index contributed by atoms with van der Waals surface area (Å²) in [6.45, 7) is 9.44. The Hall–Kier alpha value is -0.830. The van der Waals surface area contributed by atoms with E-state index in [1.165, 1.54) is 6.08 Å². The van der Waals surface area contributed by atoms with Crippen molar-refractivity contribution >= 4 is 5.97 Å². The minimum Gasteiger partial charge on any atom is -0.443 e. The molecule has 1 aliphatic heterocycles. The second-order valence-corrected chi connectivity index (χ2v) is 3.17. The molecule has 0 N–H and O–H groups in total. The summed E-state index contributed by atoms with van der Waals surface area (Å²) in [6.07, 6.45) is 1.07. The van der Waals surface area contributed by atoms with Crippen LogP contribution in [0.1, 0.15) is 20.8 Å². The fraction of sp³-hybridized carbons (Fsp3) is 0.667. The van der Waals surface area contributed by atoms with Crippen LogP contribution < -0.4 is 0 Å². The third kappa shape index (κ3) is 1.67. The fourth-order valence-electron chi connectivity index (χ4n) is 1.47. The van der Waals surface area contributed by atoms with Crippen molar-refractivity contribution in [2.75, 3.05) is 0 Å². The number of hydrogen-bond acceptors (Lipinski definition) is 3. The fourth-order valence-corrected chi connectivity index (χ4v) is 1.47. The molecule has 3 nitrogen and oxygen atoms in total. The Morgan fingerprint density at radius 2 is 2.08 bits per heavy atom. The Bertz CT molecular complexity index is 195. The molecular weight excluding hydrogens is 154 g/mol.